The van der Waals surface area contributed by atoms with Crippen LogP contribution in [-0.4, -0.2) is 63.7 Å². The molecule has 2 fully saturated rings. The van der Waals surface area contributed by atoms with E-state index in [0.29, 0.717) is 5.56 Å². The maximum absolute atomic E-state index is 12.6. The molecule has 0 N–H and O–H groups in total. The quantitative estimate of drug-likeness (QED) is 0.386. The lowest BCUT2D eigenvalue weighted by molar-refractivity contribution is -0.256. The van der Waals surface area contributed by atoms with Crippen molar-refractivity contribution in [3.05, 3.63) is 71.8 Å². The van der Waals surface area contributed by atoms with Gasteiger partial charge >= 0.3 is 5.97 Å². The van der Waals surface area contributed by atoms with Crippen molar-refractivity contribution in [1.82, 2.24) is 0 Å². The molecule has 184 valence electrons. The number of ether oxygens (including phenoxy) is 5. The van der Waals surface area contributed by atoms with Gasteiger partial charge in [0.2, 0.25) is 0 Å². The molecule has 2 heterocycles. The Morgan fingerprint density at radius 1 is 0.941 bits per heavy atom. The first-order valence-corrected chi connectivity index (χ1v) is 12.6. The summed E-state index contributed by atoms with van der Waals surface area (Å²) in [6, 6.07) is 17.9. The molecule has 0 aromatic heterocycles. The highest BCUT2D eigenvalue weighted by Crippen LogP contribution is 2.44. The van der Waals surface area contributed by atoms with E-state index in [9.17, 15) is 13.2 Å². The number of rotatable bonds is 9. The summed E-state index contributed by atoms with van der Waals surface area (Å²) < 4.78 is 58.6. The van der Waals surface area contributed by atoms with E-state index >= 15 is 0 Å². The zero-order valence-corrected chi connectivity index (χ0v) is 20.0. The van der Waals surface area contributed by atoms with Gasteiger partial charge in [-0.1, -0.05) is 48.5 Å². The Kier molecular flexibility index (Phi) is 7.09. The molecule has 0 radical (unpaired) electrons. The van der Waals surface area contributed by atoms with Crippen molar-refractivity contribution >= 4 is 16.1 Å². The molecule has 0 saturated carbocycles. The number of hydrogen-bond acceptors (Lipinski definition) is 9. The molecule has 9 nitrogen and oxygen atoms in total. The van der Waals surface area contributed by atoms with Crippen LogP contribution in [0.25, 0.3) is 0 Å². The van der Waals surface area contributed by atoms with Crippen molar-refractivity contribution in [2.75, 3.05) is 19.5 Å². The molecule has 2 aliphatic rings. The van der Waals surface area contributed by atoms with Crippen molar-refractivity contribution in [3.8, 4) is 0 Å². The molecule has 0 amide bonds. The minimum Gasteiger partial charge on any atom is -0.459 e. The maximum atomic E-state index is 12.6. The van der Waals surface area contributed by atoms with E-state index in [4.69, 9.17) is 27.9 Å². The molecule has 4 atom stereocenters. The van der Waals surface area contributed by atoms with Crippen molar-refractivity contribution in [2.45, 2.75) is 50.3 Å². The van der Waals surface area contributed by atoms with Crippen molar-refractivity contribution < 1.29 is 41.1 Å². The Bertz CT molecular complexity index is 1090. The fourth-order valence-electron chi connectivity index (χ4n) is 3.98. The van der Waals surface area contributed by atoms with Crippen LogP contribution in [-0.2, 0) is 44.6 Å². The summed E-state index contributed by atoms with van der Waals surface area (Å²) in [6.07, 6.45) is -1.49. The molecule has 34 heavy (non-hydrogen) atoms. The summed E-state index contributed by atoms with van der Waals surface area (Å²) in [5.41, 5.74) is -0.257. The number of benzene rings is 2. The zero-order chi connectivity index (χ0) is 24.4. The largest absolute Gasteiger partial charge is 0.459 e. The molecule has 2 saturated heterocycles. The monoisotopic (exact) mass is 492 g/mol. The zero-order valence-electron chi connectivity index (χ0n) is 19.2. The van der Waals surface area contributed by atoms with Gasteiger partial charge in [0.25, 0.3) is 10.1 Å². The maximum Gasteiger partial charge on any atom is 0.338 e. The van der Waals surface area contributed by atoms with Gasteiger partial charge in [0.1, 0.15) is 25.4 Å². The summed E-state index contributed by atoms with van der Waals surface area (Å²) in [4.78, 5) is 12.6. The van der Waals surface area contributed by atoms with E-state index in [1.807, 2.05) is 30.3 Å². The molecule has 10 heteroatoms. The summed E-state index contributed by atoms with van der Waals surface area (Å²) in [7, 11) is -3.84. The molecule has 4 rings (SSSR count). The smallest absolute Gasteiger partial charge is 0.338 e. The van der Waals surface area contributed by atoms with E-state index in [-0.39, 0.29) is 13.2 Å². The van der Waals surface area contributed by atoms with Gasteiger partial charge in [0.15, 0.2) is 17.7 Å². The number of carbonyl (C=O) groups is 1. The highest BCUT2D eigenvalue weighted by Gasteiger charge is 2.63. The third-order valence-corrected chi connectivity index (χ3v) is 6.05. The predicted octanol–water partition coefficient (Wildman–Crippen LogP) is 2.65. The van der Waals surface area contributed by atoms with Crippen LogP contribution in [0.2, 0.25) is 0 Å². The summed E-state index contributed by atoms with van der Waals surface area (Å²) in [6.45, 7) is 2.89. The minimum atomic E-state index is -3.84. The Labute approximate surface area is 199 Å². The number of carbonyl (C=O) groups excluding carboxylic acids is 1. The van der Waals surface area contributed by atoms with Crippen LogP contribution in [0, 0.1) is 0 Å². The van der Waals surface area contributed by atoms with Gasteiger partial charge in [-0.15, -0.1) is 0 Å². The molecule has 0 bridgehead atoms. The summed E-state index contributed by atoms with van der Waals surface area (Å²) in [5, 5.41) is 0. The van der Waals surface area contributed by atoms with Crippen molar-refractivity contribution in [1.29, 1.82) is 0 Å². The summed E-state index contributed by atoms with van der Waals surface area (Å²) >= 11 is 0. The van der Waals surface area contributed by atoms with Crippen LogP contribution in [0.4, 0.5) is 0 Å². The topological polar surface area (TPSA) is 107 Å². The molecule has 2 aliphatic heterocycles. The van der Waals surface area contributed by atoms with Crippen molar-refractivity contribution in [3.63, 3.8) is 0 Å². The third kappa shape index (κ3) is 5.83. The van der Waals surface area contributed by atoms with Crippen molar-refractivity contribution in [2.24, 2.45) is 0 Å². The fraction of sp³-hybridized carbons (Fsp3) is 0.458. The van der Waals surface area contributed by atoms with Gasteiger partial charge in [0, 0.05) is 0 Å². The van der Waals surface area contributed by atoms with E-state index in [2.05, 4.69) is 0 Å². The average Bonchev–Trinajstić information content (AvgIpc) is 3.24. The van der Waals surface area contributed by atoms with Gasteiger partial charge in [-0.2, -0.15) is 8.42 Å². The van der Waals surface area contributed by atoms with Gasteiger partial charge in [-0.25, -0.2) is 4.79 Å². The second-order valence-corrected chi connectivity index (χ2v) is 10.4. The predicted molar refractivity (Wildman–Crippen MR) is 120 cm³/mol. The summed E-state index contributed by atoms with van der Waals surface area (Å²) in [5.74, 6) is -1.53. The molecule has 0 aliphatic carbocycles. The molecule has 2 aromatic carbocycles. The van der Waals surface area contributed by atoms with E-state index < -0.39 is 52.6 Å². The SMILES string of the molecule is CC1(C)O[C@H]2O[C@@](COC(=O)c3ccccc3)(COS(C)(=O)=O)[C@@H](OCc3ccccc3)[C@H]2O1. The first-order valence-electron chi connectivity index (χ1n) is 10.8. The normalized spacial score (nSPS) is 27.9. The first-order chi connectivity index (χ1) is 16.1. The molecule has 2 aromatic rings. The average molecular weight is 493 g/mol. The Morgan fingerprint density at radius 2 is 1.59 bits per heavy atom. The highest BCUT2D eigenvalue weighted by atomic mass is 32.2. The van der Waals surface area contributed by atoms with Crippen LogP contribution in [0.1, 0.15) is 29.8 Å². The fourth-order valence-corrected chi connectivity index (χ4v) is 4.40. The standard InChI is InChI=1S/C24H28O9S/c1-23(2)31-19-20(28-14-17-10-6-4-7-11-17)24(33-22(19)32-23,16-30-34(3,26)27)15-29-21(25)18-12-8-5-9-13-18/h4-13,19-20,22H,14-16H2,1-3H3/t19-,20+,22+,24+/m1/s1. The van der Waals surface area contributed by atoms with E-state index in [1.54, 1.807) is 44.2 Å². The highest BCUT2D eigenvalue weighted by molar-refractivity contribution is 7.85. The second kappa shape index (κ2) is 9.73. The second-order valence-electron chi connectivity index (χ2n) is 8.78. The van der Waals surface area contributed by atoms with Crippen LogP contribution in [0.5, 0.6) is 0 Å². The Morgan fingerprint density at radius 3 is 2.24 bits per heavy atom. The lowest BCUT2D eigenvalue weighted by atomic mass is 9.96. The van der Waals surface area contributed by atoms with Gasteiger partial charge in [-0.3, -0.25) is 4.18 Å². The molecular formula is C24H28O9S. The Balaban J connectivity index is 1.60. The molecular weight excluding hydrogens is 464 g/mol. The lowest BCUT2D eigenvalue weighted by Gasteiger charge is -2.35. The van der Waals surface area contributed by atoms with E-state index in [1.165, 1.54) is 0 Å². The molecule has 0 spiro atoms. The van der Waals surface area contributed by atoms with E-state index in [0.717, 1.165) is 11.8 Å². The van der Waals surface area contributed by atoms with Crippen LogP contribution < -0.4 is 0 Å². The third-order valence-electron chi connectivity index (χ3n) is 5.50. The first kappa shape index (κ1) is 24.8. The Hall–Kier alpha value is -2.34. The number of hydrogen-bond donors (Lipinski definition) is 0. The van der Waals surface area contributed by atoms with Gasteiger partial charge in [-0.05, 0) is 31.5 Å². The number of esters is 1. The molecule has 0 unspecified atom stereocenters. The van der Waals surface area contributed by atoms with Crippen LogP contribution in [0.15, 0.2) is 60.7 Å². The lowest BCUT2D eigenvalue weighted by Crippen LogP contribution is -2.53. The van der Waals surface area contributed by atoms with Crippen LogP contribution >= 0.6 is 0 Å². The minimum absolute atomic E-state index is 0.190. The van der Waals surface area contributed by atoms with Gasteiger partial charge < -0.3 is 23.7 Å². The number of fused-ring (bicyclic) bond motifs is 1. The van der Waals surface area contributed by atoms with Crippen LogP contribution in [0.3, 0.4) is 0 Å². The van der Waals surface area contributed by atoms with Gasteiger partial charge in [0.05, 0.1) is 18.4 Å².